The molecule has 0 unspecified atom stereocenters. The number of nitrogens with zero attached hydrogens (tertiary/aromatic N) is 2. The van der Waals surface area contributed by atoms with Crippen LogP contribution in [0.2, 0.25) is 0 Å². The predicted molar refractivity (Wildman–Crippen MR) is 106 cm³/mol. The van der Waals surface area contributed by atoms with Gasteiger partial charge in [0, 0.05) is 11.3 Å². The highest BCUT2D eigenvalue weighted by Gasteiger charge is 2.24. The molecular weight excluding hydrogens is 424 g/mol. The Morgan fingerprint density at radius 3 is 2.68 bits per heavy atom. The Labute approximate surface area is 169 Å². The number of ether oxygens (including phenoxy) is 1. The van der Waals surface area contributed by atoms with Gasteiger partial charge in [-0.1, -0.05) is 36.4 Å². The molecule has 7 nitrogen and oxygen atoms in total. The van der Waals surface area contributed by atoms with Crippen LogP contribution in [0.5, 0.6) is 0 Å². The molecule has 1 heterocycles. The third-order valence-electron chi connectivity index (χ3n) is 3.87. The van der Waals surface area contributed by atoms with E-state index in [9.17, 15) is 9.59 Å². The van der Waals surface area contributed by atoms with Crippen LogP contribution in [-0.4, -0.2) is 28.2 Å². The summed E-state index contributed by atoms with van der Waals surface area (Å²) in [6, 6.07) is 17.8. The van der Waals surface area contributed by atoms with Crippen LogP contribution < -0.4 is 5.32 Å². The summed E-state index contributed by atoms with van der Waals surface area (Å²) in [5, 5.41) is 18.3. The second-order valence-electron chi connectivity index (χ2n) is 5.86. The highest BCUT2D eigenvalue weighted by Crippen LogP contribution is 2.29. The summed E-state index contributed by atoms with van der Waals surface area (Å²) in [6.45, 7) is 1.46. The van der Waals surface area contributed by atoms with E-state index in [1.165, 1.54) is 13.0 Å². The van der Waals surface area contributed by atoms with Crippen molar-refractivity contribution in [3.8, 4) is 17.3 Å². The highest BCUT2D eigenvalue weighted by atomic mass is 79.9. The summed E-state index contributed by atoms with van der Waals surface area (Å²) in [5.41, 5.74) is 2.37. The fourth-order valence-corrected chi connectivity index (χ4v) is 3.00. The zero-order valence-corrected chi connectivity index (χ0v) is 16.4. The van der Waals surface area contributed by atoms with Crippen LogP contribution in [0.25, 0.3) is 11.3 Å². The number of H-pyrrole nitrogens is 1. The van der Waals surface area contributed by atoms with Crippen molar-refractivity contribution in [2.24, 2.45) is 0 Å². The average Bonchev–Trinajstić information content (AvgIpc) is 3.10. The maximum atomic E-state index is 12.4. The van der Waals surface area contributed by atoms with Gasteiger partial charge in [-0.2, -0.15) is 10.4 Å². The number of hydrogen-bond acceptors (Lipinski definition) is 5. The Morgan fingerprint density at radius 2 is 1.96 bits per heavy atom. The Bertz CT molecular complexity index is 1060. The number of aromatic amines is 1. The maximum Gasteiger partial charge on any atom is 0.358 e. The largest absolute Gasteiger partial charge is 0.448 e. The van der Waals surface area contributed by atoms with Crippen molar-refractivity contribution in [1.29, 1.82) is 5.26 Å². The summed E-state index contributed by atoms with van der Waals surface area (Å²) < 4.78 is 5.70. The molecule has 0 aliphatic heterocycles. The molecule has 0 radical (unpaired) electrons. The quantitative estimate of drug-likeness (QED) is 0.587. The fourth-order valence-electron chi connectivity index (χ4n) is 2.43. The van der Waals surface area contributed by atoms with Crippen LogP contribution in [-0.2, 0) is 9.53 Å². The Hall–Kier alpha value is -3.44. The summed E-state index contributed by atoms with van der Waals surface area (Å²) in [7, 11) is 0. The smallest absolute Gasteiger partial charge is 0.358 e. The second kappa shape index (κ2) is 8.50. The van der Waals surface area contributed by atoms with Gasteiger partial charge in [-0.05, 0) is 41.1 Å². The predicted octanol–water partition coefficient (Wildman–Crippen LogP) is 3.89. The summed E-state index contributed by atoms with van der Waals surface area (Å²) in [5.74, 6) is -1.22. The van der Waals surface area contributed by atoms with E-state index in [1.54, 1.807) is 18.2 Å². The monoisotopic (exact) mass is 438 g/mol. The van der Waals surface area contributed by atoms with Gasteiger partial charge in [0.05, 0.1) is 16.1 Å². The molecule has 1 aromatic heterocycles. The summed E-state index contributed by atoms with van der Waals surface area (Å²) in [4.78, 5) is 24.7. The summed E-state index contributed by atoms with van der Waals surface area (Å²) in [6.07, 6.45) is -1.05. The molecule has 28 heavy (non-hydrogen) atoms. The molecule has 3 aromatic rings. The minimum absolute atomic E-state index is 0.116. The van der Waals surface area contributed by atoms with E-state index in [2.05, 4.69) is 31.4 Å². The van der Waals surface area contributed by atoms with Gasteiger partial charge in [-0.15, -0.1) is 0 Å². The standard InChI is InChI=1S/C20H15BrN4O3/c1-12(19(26)23-15-9-5-6-13(10-15)11-22)28-20(27)18-16(21)17(24-25-18)14-7-3-2-4-8-14/h2-10,12H,1H3,(H,23,26)(H,24,25)/t12-/m0/s1. The number of amides is 1. The minimum atomic E-state index is -1.05. The molecule has 0 spiro atoms. The number of nitrogens with one attached hydrogen (secondary N) is 2. The molecule has 2 aromatic carbocycles. The molecule has 2 N–H and O–H groups in total. The van der Waals surface area contributed by atoms with Gasteiger partial charge >= 0.3 is 5.97 Å². The first-order chi connectivity index (χ1) is 13.5. The van der Waals surface area contributed by atoms with Crippen molar-refractivity contribution in [2.45, 2.75) is 13.0 Å². The van der Waals surface area contributed by atoms with Gasteiger partial charge in [0.2, 0.25) is 0 Å². The van der Waals surface area contributed by atoms with E-state index >= 15 is 0 Å². The van der Waals surface area contributed by atoms with Crippen molar-refractivity contribution in [2.75, 3.05) is 5.32 Å². The Balaban J connectivity index is 1.68. The molecule has 0 saturated heterocycles. The van der Waals surface area contributed by atoms with Crippen LogP contribution in [0.4, 0.5) is 5.69 Å². The van der Waals surface area contributed by atoms with E-state index in [-0.39, 0.29) is 5.69 Å². The molecule has 0 aliphatic carbocycles. The third kappa shape index (κ3) is 4.27. The minimum Gasteiger partial charge on any atom is -0.448 e. The number of halogens is 1. The van der Waals surface area contributed by atoms with Gasteiger partial charge < -0.3 is 10.1 Å². The Kier molecular flexibility index (Phi) is 5.87. The lowest BCUT2D eigenvalue weighted by Gasteiger charge is -2.13. The van der Waals surface area contributed by atoms with Crippen molar-refractivity contribution in [3.05, 3.63) is 70.3 Å². The van der Waals surface area contributed by atoms with Gasteiger partial charge in [0.15, 0.2) is 11.8 Å². The fraction of sp³-hybridized carbons (Fsp3) is 0.100. The Morgan fingerprint density at radius 1 is 1.21 bits per heavy atom. The zero-order valence-electron chi connectivity index (χ0n) is 14.8. The van der Waals surface area contributed by atoms with Crippen molar-refractivity contribution in [1.82, 2.24) is 10.2 Å². The van der Waals surface area contributed by atoms with Crippen molar-refractivity contribution >= 4 is 33.5 Å². The number of hydrogen-bond donors (Lipinski definition) is 2. The molecule has 0 aliphatic rings. The van der Waals surface area contributed by atoms with Gasteiger partial charge in [-0.25, -0.2) is 4.79 Å². The first-order valence-corrected chi connectivity index (χ1v) is 9.10. The second-order valence-corrected chi connectivity index (χ2v) is 6.65. The van der Waals surface area contributed by atoms with E-state index in [1.807, 2.05) is 36.4 Å². The number of esters is 1. The van der Waals surface area contributed by atoms with Crippen LogP contribution in [0, 0.1) is 11.3 Å². The van der Waals surface area contributed by atoms with Crippen LogP contribution >= 0.6 is 15.9 Å². The topological polar surface area (TPSA) is 108 Å². The molecule has 0 fully saturated rings. The van der Waals surface area contributed by atoms with E-state index in [0.717, 1.165) is 5.56 Å². The van der Waals surface area contributed by atoms with Gasteiger partial charge in [0.1, 0.15) is 5.69 Å². The van der Waals surface area contributed by atoms with Gasteiger partial charge in [-0.3, -0.25) is 9.89 Å². The molecule has 0 saturated carbocycles. The maximum absolute atomic E-state index is 12.4. The van der Waals surface area contributed by atoms with E-state index in [4.69, 9.17) is 10.00 Å². The normalized spacial score (nSPS) is 11.3. The molecule has 1 amide bonds. The van der Waals surface area contributed by atoms with Crippen molar-refractivity contribution in [3.63, 3.8) is 0 Å². The number of aromatic nitrogens is 2. The van der Waals surface area contributed by atoms with Crippen LogP contribution in [0.3, 0.4) is 0 Å². The van der Waals surface area contributed by atoms with Gasteiger partial charge in [0.25, 0.3) is 5.91 Å². The highest BCUT2D eigenvalue weighted by molar-refractivity contribution is 9.10. The lowest BCUT2D eigenvalue weighted by Crippen LogP contribution is -2.30. The number of anilines is 1. The number of nitriles is 1. The lowest BCUT2D eigenvalue weighted by molar-refractivity contribution is -0.123. The van der Waals surface area contributed by atoms with Crippen molar-refractivity contribution < 1.29 is 14.3 Å². The molecule has 3 rings (SSSR count). The van der Waals surface area contributed by atoms with Crippen LogP contribution in [0.15, 0.2) is 59.1 Å². The molecule has 0 bridgehead atoms. The summed E-state index contributed by atoms with van der Waals surface area (Å²) >= 11 is 3.36. The number of rotatable bonds is 5. The SMILES string of the molecule is C[C@H](OC(=O)c1[nH]nc(-c2ccccc2)c1Br)C(=O)Nc1cccc(C#N)c1. The molecule has 140 valence electrons. The number of carbonyl (C=O) groups is 2. The molecular formula is C20H15BrN4O3. The number of carbonyl (C=O) groups excluding carboxylic acids is 2. The lowest BCUT2D eigenvalue weighted by atomic mass is 10.1. The third-order valence-corrected chi connectivity index (χ3v) is 4.64. The first kappa shape index (κ1) is 19.3. The molecule has 1 atom stereocenters. The van der Waals surface area contributed by atoms with E-state index in [0.29, 0.717) is 21.4 Å². The zero-order chi connectivity index (χ0) is 20.1. The van der Waals surface area contributed by atoms with Crippen LogP contribution in [0.1, 0.15) is 23.0 Å². The first-order valence-electron chi connectivity index (χ1n) is 8.31. The molecule has 8 heteroatoms. The number of benzene rings is 2. The average molecular weight is 439 g/mol. The van der Waals surface area contributed by atoms with E-state index < -0.39 is 18.0 Å².